The summed E-state index contributed by atoms with van der Waals surface area (Å²) in [6, 6.07) is 19.4. The van der Waals surface area contributed by atoms with Gasteiger partial charge in [-0.05, 0) is 57.9 Å². The zero-order valence-corrected chi connectivity index (χ0v) is 16.2. The Morgan fingerprint density at radius 1 is 0.821 bits per heavy atom. The van der Waals surface area contributed by atoms with Crippen molar-refractivity contribution in [2.75, 3.05) is 0 Å². The Bertz CT molecular complexity index is 993. The number of hydrazine groups is 1. The lowest BCUT2D eigenvalue weighted by atomic mass is 10.2. The molecule has 5 nitrogen and oxygen atoms in total. The second kappa shape index (κ2) is 9.14. The van der Waals surface area contributed by atoms with Crippen molar-refractivity contribution in [3.63, 3.8) is 0 Å². The lowest BCUT2D eigenvalue weighted by molar-refractivity contribution is 0.0843. The number of benzene rings is 3. The zero-order chi connectivity index (χ0) is 19.9. The fraction of sp³-hybridized carbons (Fsp3) is 0.0476. The molecule has 0 bridgehead atoms. The van der Waals surface area contributed by atoms with Gasteiger partial charge >= 0.3 is 0 Å². The molecule has 0 aliphatic rings. The molecule has 0 aromatic heterocycles. The SMILES string of the molecule is O=C(NNC(=O)c1ccccc1OCc1ccc(F)cc1)c1ccccc1Br. The number of nitrogens with one attached hydrogen (secondary N) is 2. The van der Waals surface area contributed by atoms with Crippen LogP contribution in [0.15, 0.2) is 77.3 Å². The Morgan fingerprint density at radius 2 is 1.39 bits per heavy atom. The number of ether oxygens (including phenoxy) is 1. The molecule has 0 saturated carbocycles. The number of rotatable bonds is 5. The number of para-hydroxylation sites is 1. The quantitative estimate of drug-likeness (QED) is 0.580. The van der Waals surface area contributed by atoms with Gasteiger partial charge in [-0.25, -0.2) is 4.39 Å². The van der Waals surface area contributed by atoms with Crippen molar-refractivity contribution in [3.8, 4) is 5.75 Å². The predicted molar refractivity (Wildman–Crippen MR) is 106 cm³/mol. The molecule has 0 unspecified atom stereocenters. The van der Waals surface area contributed by atoms with Gasteiger partial charge in [-0.1, -0.05) is 36.4 Å². The molecule has 3 rings (SSSR count). The molecule has 28 heavy (non-hydrogen) atoms. The average molecular weight is 443 g/mol. The molecule has 3 aromatic carbocycles. The van der Waals surface area contributed by atoms with Gasteiger partial charge in [0.1, 0.15) is 18.2 Å². The molecule has 7 heteroatoms. The summed E-state index contributed by atoms with van der Waals surface area (Å²) in [7, 11) is 0. The standard InChI is InChI=1S/C21H16BrFN2O3/c22-18-7-3-1-5-16(18)20(26)24-25-21(27)17-6-2-4-8-19(17)28-13-14-9-11-15(23)12-10-14/h1-12H,13H2,(H,24,26)(H,25,27). The average Bonchev–Trinajstić information content (AvgIpc) is 2.72. The summed E-state index contributed by atoms with van der Waals surface area (Å²) in [6.45, 7) is 0.174. The minimum Gasteiger partial charge on any atom is -0.488 e. The van der Waals surface area contributed by atoms with Crippen LogP contribution in [0.4, 0.5) is 4.39 Å². The number of carbonyl (C=O) groups is 2. The fourth-order valence-corrected chi connectivity index (χ4v) is 2.88. The molecule has 0 aliphatic carbocycles. The maximum absolute atomic E-state index is 13.0. The van der Waals surface area contributed by atoms with E-state index in [4.69, 9.17) is 4.74 Å². The monoisotopic (exact) mass is 442 g/mol. The van der Waals surface area contributed by atoms with Crippen molar-refractivity contribution in [1.82, 2.24) is 10.9 Å². The van der Waals surface area contributed by atoms with Crippen LogP contribution in [-0.2, 0) is 6.61 Å². The van der Waals surface area contributed by atoms with Gasteiger partial charge in [0, 0.05) is 4.47 Å². The number of hydrogen-bond acceptors (Lipinski definition) is 3. The molecular weight excluding hydrogens is 427 g/mol. The normalized spacial score (nSPS) is 10.2. The predicted octanol–water partition coefficient (Wildman–Crippen LogP) is 4.24. The molecule has 0 aliphatic heterocycles. The maximum atomic E-state index is 13.0. The van der Waals surface area contributed by atoms with E-state index < -0.39 is 11.8 Å². The van der Waals surface area contributed by atoms with Crippen LogP contribution in [0.25, 0.3) is 0 Å². The molecule has 0 radical (unpaired) electrons. The fourth-order valence-electron chi connectivity index (χ4n) is 2.42. The van der Waals surface area contributed by atoms with E-state index >= 15 is 0 Å². The molecule has 0 saturated heterocycles. The van der Waals surface area contributed by atoms with Gasteiger partial charge in [0.2, 0.25) is 0 Å². The molecule has 0 heterocycles. The largest absolute Gasteiger partial charge is 0.488 e. The second-order valence-electron chi connectivity index (χ2n) is 5.80. The van der Waals surface area contributed by atoms with Crippen molar-refractivity contribution < 1.29 is 18.7 Å². The molecule has 2 amide bonds. The Morgan fingerprint density at radius 3 is 2.07 bits per heavy atom. The van der Waals surface area contributed by atoms with Crippen LogP contribution in [0.3, 0.4) is 0 Å². The third kappa shape index (κ3) is 4.95. The van der Waals surface area contributed by atoms with Gasteiger partial charge in [0.05, 0.1) is 11.1 Å². The molecule has 0 atom stereocenters. The van der Waals surface area contributed by atoms with E-state index in [9.17, 15) is 14.0 Å². The van der Waals surface area contributed by atoms with Crippen LogP contribution in [0, 0.1) is 5.82 Å². The smallest absolute Gasteiger partial charge is 0.273 e. The lowest BCUT2D eigenvalue weighted by Crippen LogP contribution is -2.41. The first-order valence-electron chi connectivity index (χ1n) is 8.36. The second-order valence-corrected chi connectivity index (χ2v) is 6.65. The third-order valence-corrected chi connectivity index (χ3v) is 4.54. The van der Waals surface area contributed by atoms with Crippen molar-refractivity contribution in [2.24, 2.45) is 0 Å². The Labute approximate surface area is 169 Å². The van der Waals surface area contributed by atoms with Crippen molar-refractivity contribution in [2.45, 2.75) is 6.61 Å². The number of amides is 2. The van der Waals surface area contributed by atoms with E-state index in [0.29, 0.717) is 15.8 Å². The molecule has 2 N–H and O–H groups in total. The molecule has 0 fully saturated rings. The van der Waals surface area contributed by atoms with Crippen LogP contribution >= 0.6 is 15.9 Å². The van der Waals surface area contributed by atoms with Crippen LogP contribution in [0.2, 0.25) is 0 Å². The van der Waals surface area contributed by atoms with Gasteiger partial charge in [-0.2, -0.15) is 0 Å². The Balaban J connectivity index is 1.64. The molecule has 0 spiro atoms. The summed E-state index contributed by atoms with van der Waals surface area (Å²) in [5, 5.41) is 0. The first-order valence-corrected chi connectivity index (χ1v) is 9.15. The summed E-state index contributed by atoms with van der Waals surface area (Å²) in [5.74, 6) is -0.954. The van der Waals surface area contributed by atoms with E-state index in [1.165, 1.54) is 12.1 Å². The van der Waals surface area contributed by atoms with Gasteiger partial charge in [-0.15, -0.1) is 0 Å². The van der Waals surface area contributed by atoms with E-state index in [0.717, 1.165) is 5.56 Å². The third-order valence-electron chi connectivity index (χ3n) is 3.85. The van der Waals surface area contributed by atoms with Crippen molar-refractivity contribution in [3.05, 3.63) is 99.8 Å². The zero-order valence-electron chi connectivity index (χ0n) is 14.6. The number of carbonyl (C=O) groups excluding carboxylic acids is 2. The minimum atomic E-state index is -0.518. The van der Waals surface area contributed by atoms with E-state index in [1.807, 2.05) is 0 Å². The molecular formula is C21H16BrFN2O3. The number of halogens is 2. The van der Waals surface area contributed by atoms with Crippen molar-refractivity contribution in [1.29, 1.82) is 0 Å². The van der Waals surface area contributed by atoms with E-state index in [2.05, 4.69) is 26.8 Å². The Hall–Kier alpha value is -3.19. The highest BCUT2D eigenvalue weighted by Gasteiger charge is 2.15. The summed E-state index contributed by atoms with van der Waals surface area (Å²) < 4.78 is 19.3. The van der Waals surface area contributed by atoms with Crippen LogP contribution in [0.1, 0.15) is 26.3 Å². The Kier molecular flexibility index (Phi) is 6.39. The summed E-state index contributed by atoms with van der Waals surface area (Å²) in [5.41, 5.74) is 6.18. The van der Waals surface area contributed by atoms with Gasteiger partial charge in [-0.3, -0.25) is 20.4 Å². The van der Waals surface area contributed by atoms with Gasteiger partial charge < -0.3 is 4.74 Å². The van der Waals surface area contributed by atoms with Crippen LogP contribution in [-0.4, -0.2) is 11.8 Å². The van der Waals surface area contributed by atoms with E-state index in [-0.39, 0.29) is 18.0 Å². The van der Waals surface area contributed by atoms with Crippen LogP contribution < -0.4 is 15.6 Å². The van der Waals surface area contributed by atoms with E-state index in [1.54, 1.807) is 60.7 Å². The summed E-state index contributed by atoms with van der Waals surface area (Å²) in [6.07, 6.45) is 0. The first kappa shape index (κ1) is 19.6. The summed E-state index contributed by atoms with van der Waals surface area (Å²) >= 11 is 3.29. The number of hydrogen-bond donors (Lipinski definition) is 2. The lowest BCUT2D eigenvalue weighted by Gasteiger charge is -2.13. The van der Waals surface area contributed by atoms with Gasteiger partial charge in [0.15, 0.2) is 0 Å². The highest BCUT2D eigenvalue weighted by atomic mass is 79.9. The van der Waals surface area contributed by atoms with Crippen LogP contribution in [0.5, 0.6) is 5.75 Å². The van der Waals surface area contributed by atoms with Gasteiger partial charge in [0.25, 0.3) is 11.8 Å². The minimum absolute atomic E-state index is 0.174. The molecule has 3 aromatic rings. The maximum Gasteiger partial charge on any atom is 0.273 e. The highest BCUT2D eigenvalue weighted by molar-refractivity contribution is 9.10. The first-order chi connectivity index (χ1) is 13.5. The van der Waals surface area contributed by atoms with Crippen molar-refractivity contribution >= 4 is 27.7 Å². The highest BCUT2D eigenvalue weighted by Crippen LogP contribution is 2.20. The summed E-state index contributed by atoms with van der Waals surface area (Å²) in [4.78, 5) is 24.7. The topological polar surface area (TPSA) is 67.4 Å². The molecule has 142 valence electrons.